The van der Waals surface area contributed by atoms with Gasteiger partial charge in [-0.2, -0.15) is 0 Å². The van der Waals surface area contributed by atoms with Crippen molar-refractivity contribution in [2.75, 3.05) is 0 Å². The molecule has 0 saturated carbocycles. The first-order valence-electron chi connectivity index (χ1n) is 8.81. The zero-order chi connectivity index (χ0) is 17.6. The fraction of sp³-hybridized carbons (Fsp3) is 0.333. The normalized spacial score (nSPS) is 21.6. The van der Waals surface area contributed by atoms with Crippen LogP contribution in [0.5, 0.6) is 0 Å². The molecule has 2 heterocycles. The van der Waals surface area contributed by atoms with Gasteiger partial charge in [-0.05, 0) is 61.9 Å². The lowest BCUT2D eigenvalue weighted by Gasteiger charge is -2.22. The van der Waals surface area contributed by atoms with Gasteiger partial charge in [-0.15, -0.1) is 0 Å². The number of aromatic carboxylic acids is 1. The molecule has 2 aliphatic heterocycles. The van der Waals surface area contributed by atoms with Crippen molar-refractivity contribution in [3.05, 3.63) is 59.2 Å². The molecule has 1 N–H and O–H groups in total. The number of benzene rings is 2. The lowest BCUT2D eigenvalue weighted by molar-refractivity contribution is 0.0697. The Hall–Kier alpha value is -2.62. The van der Waals surface area contributed by atoms with Gasteiger partial charge in [0.25, 0.3) is 5.91 Å². The third-order valence-corrected chi connectivity index (χ3v) is 5.50. The number of fused-ring (bicyclic) bond motifs is 2. The van der Waals surface area contributed by atoms with Crippen LogP contribution in [-0.2, 0) is 0 Å². The van der Waals surface area contributed by atoms with Crippen molar-refractivity contribution in [3.63, 3.8) is 0 Å². The monoisotopic (exact) mass is 335 g/mol. The van der Waals surface area contributed by atoms with Gasteiger partial charge in [-0.1, -0.05) is 29.8 Å². The van der Waals surface area contributed by atoms with E-state index in [0.29, 0.717) is 17.6 Å². The molecule has 0 spiro atoms. The summed E-state index contributed by atoms with van der Waals surface area (Å²) < 4.78 is 0. The minimum atomic E-state index is -1.01. The number of nitrogens with zero attached hydrogens (tertiary/aromatic N) is 1. The van der Waals surface area contributed by atoms with Gasteiger partial charge in [-0.25, -0.2) is 4.79 Å². The molecule has 4 nitrogen and oxygen atoms in total. The maximum absolute atomic E-state index is 13.1. The number of hydrogen-bond acceptors (Lipinski definition) is 2. The smallest absolute Gasteiger partial charge is 0.335 e. The number of carbonyl (C=O) groups excluding carboxylic acids is 1. The van der Waals surface area contributed by atoms with Crippen molar-refractivity contribution >= 4 is 11.9 Å². The number of aryl methyl sites for hydroxylation is 1. The molecule has 2 aromatic carbocycles. The minimum absolute atomic E-state index is 0.0264. The van der Waals surface area contributed by atoms with E-state index in [9.17, 15) is 14.7 Å². The second kappa shape index (κ2) is 6.03. The Balaban J connectivity index is 1.75. The fourth-order valence-corrected chi connectivity index (χ4v) is 4.18. The van der Waals surface area contributed by atoms with Gasteiger partial charge in [0.2, 0.25) is 0 Å². The van der Waals surface area contributed by atoms with Crippen molar-refractivity contribution in [2.24, 2.45) is 0 Å². The molecule has 2 saturated heterocycles. The van der Waals surface area contributed by atoms with Gasteiger partial charge < -0.3 is 10.0 Å². The number of amides is 1. The van der Waals surface area contributed by atoms with E-state index in [1.165, 1.54) is 6.07 Å². The van der Waals surface area contributed by atoms with E-state index in [2.05, 4.69) is 0 Å². The van der Waals surface area contributed by atoms with Crippen molar-refractivity contribution in [1.82, 2.24) is 4.90 Å². The van der Waals surface area contributed by atoms with Crippen molar-refractivity contribution in [1.29, 1.82) is 0 Å². The van der Waals surface area contributed by atoms with Crippen LogP contribution in [0.3, 0.4) is 0 Å². The highest BCUT2D eigenvalue weighted by atomic mass is 16.4. The summed E-state index contributed by atoms with van der Waals surface area (Å²) in [6.07, 6.45) is 4.28. The van der Waals surface area contributed by atoms with E-state index < -0.39 is 5.97 Å². The first-order chi connectivity index (χ1) is 12.0. The molecule has 2 bridgehead atoms. The Kier molecular flexibility index (Phi) is 3.83. The van der Waals surface area contributed by atoms with Gasteiger partial charge >= 0.3 is 5.97 Å². The highest BCUT2D eigenvalue weighted by molar-refractivity contribution is 6.00. The van der Waals surface area contributed by atoms with Crippen LogP contribution in [0.1, 0.15) is 52.0 Å². The summed E-state index contributed by atoms with van der Waals surface area (Å²) in [6.45, 7) is 2.01. The lowest BCUT2D eigenvalue weighted by Crippen LogP contribution is -2.35. The van der Waals surface area contributed by atoms with Crippen LogP contribution in [0, 0.1) is 6.92 Å². The molecule has 25 heavy (non-hydrogen) atoms. The Labute approximate surface area is 147 Å². The Bertz CT molecular complexity index is 821. The molecule has 0 aromatic heterocycles. The number of rotatable bonds is 3. The summed E-state index contributed by atoms with van der Waals surface area (Å²) in [6, 6.07) is 13.5. The predicted octanol–water partition coefficient (Wildman–Crippen LogP) is 4.13. The van der Waals surface area contributed by atoms with E-state index in [4.69, 9.17) is 0 Å². The van der Waals surface area contributed by atoms with Crippen LogP contribution < -0.4 is 0 Å². The van der Waals surface area contributed by atoms with Gasteiger partial charge in [0, 0.05) is 17.6 Å². The van der Waals surface area contributed by atoms with Gasteiger partial charge in [0.15, 0.2) is 0 Å². The van der Waals surface area contributed by atoms with Gasteiger partial charge in [-0.3, -0.25) is 4.79 Å². The number of carbonyl (C=O) groups is 2. The highest BCUT2D eigenvalue weighted by Crippen LogP contribution is 2.38. The highest BCUT2D eigenvalue weighted by Gasteiger charge is 2.42. The molecular weight excluding hydrogens is 314 g/mol. The average Bonchev–Trinajstić information content (AvgIpc) is 3.21. The number of carboxylic acids is 1. The molecule has 2 aliphatic rings. The number of carboxylic acid groups (broad SMARTS) is 1. The second-order valence-electron chi connectivity index (χ2n) is 7.14. The first-order valence-corrected chi connectivity index (χ1v) is 8.81. The van der Waals surface area contributed by atoms with Crippen LogP contribution >= 0.6 is 0 Å². The fourth-order valence-electron chi connectivity index (χ4n) is 4.18. The largest absolute Gasteiger partial charge is 0.478 e. The van der Waals surface area contributed by atoms with Gasteiger partial charge in [0.05, 0.1) is 5.56 Å². The third kappa shape index (κ3) is 2.82. The van der Waals surface area contributed by atoms with Crippen LogP contribution in [0.4, 0.5) is 0 Å². The molecule has 0 unspecified atom stereocenters. The van der Waals surface area contributed by atoms with Crippen LogP contribution in [-0.4, -0.2) is 34.0 Å². The molecule has 0 aliphatic carbocycles. The molecular formula is C21H21NO3. The maximum Gasteiger partial charge on any atom is 0.335 e. The Morgan fingerprint density at radius 3 is 2.00 bits per heavy atom. The van der Waals surface area contributed by atoms with Crippen molar-refractivity contribution in [3.8, 4) is 11.1 Å². The molecule has 2 aromatic rings. The van der Waals surface area contributed by atoms with Crippen LogP contribution in [0.15, 0.2) is 42.5 Å². The summed E-state index contributed by atoms with van der Waals surface area (Å²) in [4.78, 5) is 26.6. The topological polar surface area (TPSA) is 57.6 Å². The van der Waals surface area contributed by atoms with E-state index in [-0.39, 0.29) is 11.5 Å². The quantitative estimate of drug-likeness (QED) is 0.917. The van der Waals surface area contributed by atoms with Crippen molar-refractivity contribution < 1.29 is 14.7 Å². The Morgan fingerprint density at radius 1 is 0.880 bits per heavy atom. The maximum atomic E-state index is 13.1. The molecule has 1 amide bonds. The number of hydrogen-bond donors (Lipinski definition) is 1. The standard InChI is InChI=1S/C21H21NO3/c1-13-2-4-14(5-3-13)15-10-16(12-17(11-15)21(24)25)20(23)22-18-6-7-19(22)9-8-18/h2-5,10-12,18-19H,6-9H2,1H3,(H,24,25). The average molecular weight is 335 g/mol. The lowest BCUT2D eigenvalue weighted by atomic mass is 9.98. The molecule has 4 heteroatoms. The van der Waals surface area contributed by atoms with E-state index in [0.717, 1.165) is 42.4 Å². The predicted molar refractivity (Wildman–Crippen MR) is 95.8 cm³/mol. The summed E-state index contributed by atoms with van der Waals surface area (Å²) in [5, 5.41) is 9.46. The molecule has 0 radical (unpaired) electrons. The summed E-state index contributed by atoms with van der Waals surface area (Å²) in [5.41, 5.74) is 3.48. The molecule has 4 rings (SSSR count). The van der Waals surface area contributed by atoms with Gasteiger partial charge in [0.1, 0.15) is 0 Å². The summed E-state index contributed by atoms with van der Waals surface area (Å²) >= 11 is 0. The molecule has 128 valence electrons. The second-order valence-corrected chi connectivity index (χ2v) is 7.14. The zero-order valence-electron chi connectivity index (χ0n) is 14.2. The SMILES string of the molecule is Cc1ccc(-c2cc(C(=O)O)cc(C(=O)N3C4CCC3CC4)c2)cc1. The van der Waals surface area contributed by atoms with E-state index >= 15 is 0 Å². The van der Waals surface area contributed by atoms with E-state index in [1.807, 2.05) is 42.2 Å². The molecule has 2 fully saturated rings. The first kappa shape index (κ1) is 15.9. The van der Waals surface area contributed by atoms with Crippen molar-refractivity contribution in [2.45, 2.75) is 44.7 Å². The minimum Gasteiger partial charge on any atom is -0.478 e. The third-order valence-electron chi connectivity index (χ3n) is 5.50. The zero-order valence-corrected chi connectivity index (χ0v) is 14.2. The van der Waals surface area contributed by atoms with Crippen LogP contribution in [0.25, 0.3) is 11.1 Å². The Morgan fingerprint density at radius 2 is 1.44 bits per heavy atom. The van der Waals surface area contributed by atoms with Crippen LogP contribution in [0.2, 0.25) is 0 Å². The molecule has 0 atom stereocenters. The van der Waals surface area contributed by atoms with E-state index in [1.54, 1.807) is 6.07 Å². The summed E-state index contributed by atoms with van der Waals surface area (Å²) in [7, 11) is 0. The summed E-state index contributed by atoms with van der Waals surface area (Å²) in [5.74, 6) is -1.03.